The fraction of sp³-hybridized carbons (Fsp3) is 0.0400. The van der Waals surface area contributed by atoms with Crippen LogP contribution >= 0.6 is 34.8 Å². The summed E-state index contributed by atoms with van der Waals surface area (Å²) in [4.78, 5) is 50.7. The maximum absolute atomic E-state index is 13.0. The molecule has 0 unspecified atom stereocenters. The molecule has 182 valence electrons. The van der Waals surface area contributed by atoms with Gasteiger partial charge in [0.1, 0.15) is 10.7 Å². The number of carbonyl (C=O) groups excluding carboxylic acids is 4. The number of carbonyl (C=O) groups is 4. The lowest BCUT2D eigenvalue weighted by Crippen LogP contribution is -2.32. The van der Waals surface area contributed by atoms with Gasteiger partial charge in [-0.3, -0.25) is 14.4 Å². The minimum Gasteiger partial charge on any atom is -0.465 e. The van der Waals surface area contributed by atoms with Crippen molar-refractivity contribution in [3.05, 3.63) is 98.6 Å². The summed E-state index contributed by atoms with van der Waals surface area (Å²) >= 11 is 18.2. The van der Waals surface area contributed by atoms with Crippen molar-refractivity contribution in [1.82, 2.24) is 0 Å². The number of benzene rings is 3. The maximum atomic E-state index is 13.0. The van der Waals surface area contributed by atoms with Gasteiger partial charge >= 0.3 is 5.97 Å². The fourth-order valence-electron chi connectivity index (χ4n) is 3.35. The third kappa shape index (κ3) is 4.92. The Hall–Kier alpha value is -3.85. The molecule has 0 saturated carbocycles. The molecule has 0 aliphatic carbocycles. The highest BCUT2D eigenvalue weighted by molar-refractivity contribution is 6.53. The molecule has 3 aromatic carbocycles. The van der Waals surface area contributed by atoms with Crippen LogP contribution in [0.4, 0.5) is 17.1 Å². The van der Waals surface area contributed by atoms with E-state index in [1.165, 1.54) is 43.5 Å². The first-order valence-corrected chi connectivity index (χ1v) is 11.4. The first-order chi connectivity index (χ1) is 17.2. The highest BCUT2D eigenvalue weighted by Crippen LogP contribution is 2.31. The first kappa shape index (κ1) is 25.2. The van der Waals surface area contributed by atoms with E-state index < -0.39 is 23.7 Å². The Labute approximate surface area is 220 Å². The Morgan fingerprint density at radius 3 is 2.11 bits per heavy atom. The van der Waals surface area contributed by atoms with Gasteiger partial charge in [-0.25, -0.2) is 9.69 Å². The molecule has 0 fully saturated rings. The molecule has 0 atom stereocenters. The number of esters is 1. The van der Waals surface area contributed by atoms with E-state index in [1.807, 2.05) is 0 Å². The van der Waals surface area contributed by atoms with Crippen LogP contribution in [-0.4, -0.2) is 30.8 Å². The highest BCUT2D eigenvalue weighted by atomic mass is 35.5. The number of hydrogen-bond acceptors (Lipinski definition) is 6. The Balaban J connectivity index is 1.47. The van der Waals surface area contributed by atoms with E-state index in [2.05, 4.69) is 15.4 Å². The molecule has 0 bridgehead atoms. The predicted octanol–water partition coefficient (Wildman–Crippen LogP) is 5.47. The van der Waals surface area contributed by atoms with Crippen molar-refractivity contribution < 1.29 is 23.9 Å². The molecule has 36 heavy (non-hydrogen) atoms. The summed E-state index contributed by atoms with van der Waals surface area (Å²) in [6, 6.07) is 16.8. The highest BCUT2D eigenvalue weighted by Gasteiger charge is 2.39. The number of nitrogens with zero attached hydrogens (tertiary/aromatic N) is 1. The fourth-order valence-corrected chi connectivity index (χ4v) is 3.91. The number of amides is 3. The van der Waals surface area contributed by atoms with Crippen LogP contribution in [0.25, 0.3) is 0 Å². The molecule has 0 spiro atoms. The third-order valence-electron chi connectivity index (χ3n) is 5.19. The maximum Gasteiger partial charge on any atom is 0.337 e. The number of halogens is 3. The van der Waals surface area contributed by atoms with Crippen LogP contribution in [0.5, 0.6) is 0 Å². The lowest BCUT2D eigenvalue weighted by molar-refractivity contribution is -0.120. The van der Waals surface area contributed by atoms with Gasteiger partial charge < -0.3 is 15.4 Å². The van der Waals surface area contributed by atoms with Gasteiger partial charge in [-0.1, -0.05) is 40.9 Å². The summed E-state index contributed by atoms with van der Waals surface area (Å²) in [5.41, 5.74) is 1.48. The SMILES string of the molecule is COC(=O)c1ccc(N2C(=O)C(Cl)=C(Nc3ccc(C(=O)Nc4cccc(Cl)c4Cl)cc3)C2=O)cc1. The van der Waals surface area contributed by atoms with E-state index in [1.54, 1.807) is 30.3 Å². The van der Waals surface area contributed by atoms with Crippen molar-refractivity contribution in [3.63, 3.8) is 0 Å². The van der Waals surface area contributed by atoms with E-state index >= 15 is 0 Å². The summed E-state index contributed by atoms with van der Waals surface area (Å²) in [6.45, 7) is 0. The molecular formula is C25H16Cl3N3O5. The third-order valence-corrected chi connectivity index (χ3v) is 6.36. The van der Waals surface area contributed by atoms with Gasteiger partial charge in [0.15, 0.2) is 0 Å². The van der Waals surface area contributed by atoms with E-state index in [4.69, 9.17) is 34.8 Å². The number of hydrogen-bond donors (Lipinski definition) is 2. The normalized spacial score (nSPS) is 13.2. The Morgan fingerprint density at radius 1 is 0.833 bits per heavy atom. The summed E-state index contributed by atoms with van der Waals surface area (Å²) in [7, 11) is 1.25. The van der Waals surface area contributed by atoms with Crippen LogP contribution in [0.1, 0.15) is 20.7 Å². The summed E-state index contributed by atoms with van der Waals surface area (Å²) in [5.74, 6) is -2.36. The molecule has 3 amide bonds. The van der Waals surface area contributed by atoms with Crippen LogP contribution in [0.15, 0.2) is 77.5 Å². The average Bonchev–Trinajstić information content (AvgIpc) is 3.09. The van der Waals surface area contributed by atoms with Gasteiger partial charge in [0.2, 0.25) is 0 Å². The lowest BCUT2D eigenvalue weighted by atomic mass is 10.2. The molecular weight excluding hydrogens is 529 g/mol. The second-order valence-corrected chi connectivity index (χ2v) is 8.59. The van der Waals surface area contributed by atoms with E-state index in [9.17, 15) is 19.2 Å². The number of imide groups is 1. The molecule has 0 saturated heterocycles. The zero-order valence-electron chi connectivity index (χ0n) is 18.5. The molecule has 0 aromatic heterocycles. The van der Waals surface area contributed by atoms with Gasteiger partial charge in [-0.05, 0) is 60.7 Å². The lowest BCUT2D eigenvalue weighted by Gasteiger charge is -2.15. The largest absolute Gasteiger partial charge is 0.465 e. The smallest absolute Gasteiger partial charge is 0.337 e. The second kappa shape index (κ2) is 10.4. The number of anilines is 3. The summed E-state index contributed by atoms with van der Waals surface area (Å²) in [6.07, 6.45) is 0. The Kier molecular flexibility index (Phi) is 7.30. The van der Waals surface area contributed by atoms with Crippen LogP contribution in [-0.2, 0) is 14.3 Å². The molecule has 2 N–H and O–H groups in total. The number of ether oxygens (including phenoxy) is 1. The van der Waals surface area contributed by atoms with Gasteiger partial charge in [0, 0.05) is 11.3 Å². The van der Waals surface area contributed by atoms with Crippen LogP contribution in [0.3, 0.4) is 0 Å². The molecule has 0 radical (unpaired) electrons. The van der Waals surface area contributed by atoms with Gasteiger partial charge in [-0.15, -0.1) is 0 Å². The standard InChI is InChI=1S/C25H16Cl3N3O5/c1-36-25(35)14-7-11-16(12-8-14)31-23(33)20(28)21(24(31)34)29-15-9-5-13(6-10-15)22(32)30-18-4-2-3-17(26)19(18)27/h2-12,29H,1H3,(H,30,32). The minimum atomic E-state index is -0.718. The predicted molar refractivity (Wildman–Crippen MR) is 138 cm³/mol. The Morgan fingerprint density at radius 2 is 1.47 bits per heavy atom. The molecule has 4 rings (SSSR count). The monoisotopic (exact) mass is 543 g/mol. The Bertz CT molecular complexity index is 1420. The molecule has 11 heteroatoms. The number of nitrogens with one attached hydrogen (secondary N) is 2. The van der Waals surface area contributed by atoms with E-state index in [0.717, 1.165) is 4.90 Å². The number of methoxy groups -OCH3 is 1. The molecule has 1 aliphatic heterocycles. The van der Waals surface area contributed by atoms with Crippen LogP contribution in [0.2, 0.25) is 10.0 Å². The van der Waals surface area contributed by atoms with Crippen LogP contribution < -0.4 is 15.5 Å². The van der Waals surface area contributed by atoms with Crippen molar-refractivity contribution in [3.8, 4) is 0 Å². The van der Waals surface area contributed by atoms with Crippen molar-refractivity contribution in [2.75, 3.05) is 22.6 Å². The van der Waals surface area contributed by atoms with Crippen LogP contribution in [0, 0.1) is 0 Å². The van der Waals surface area contributed by atoms with E-state index in [-0.39, 0.29) is 27.0 Å². The zero-order valence-corrected chi connectivity index (χ0v) is 20.7. The average molecular weight is 545 g/mol. The van der Waals surface area contributed by atoms with Crippen molar-refractivity contribution >= 4 is 75.6 Å². The zero-order chi connectivity index (χ0) is 26.0. The topological polar surface area (TPSA) is 105 Å². The first-order valence-electron chi connectivity index (χ1n) is 10.3. The molecule has 8 nitrogen and oxygen atoms in total. The molecule has 1 aliphatic rings. The summed E-state index contributed by atoms with van der Waals surface area (Å²) < 4.78 is 4.65. The van der Waals surface area contributed by atoms with Gasteiger partial charge in [-0.2, -0.15) is 0 Å². The van der Waals surface area contributed by atoms with Crippen molar-refractivity contribution in [2.45, 2.75) is 0 Å². The molecule has 3 aromatic rings. The van der Waals surface area contributed by atoms with Gasteiger partial charge in [0.05, 0.1) is 34.1 Å². The summed E-state index contributed by atoms with van der Waals surface area (Å²) in [5, 5.41) is 5.75. The molecule has 1 heterocycles. The van der Waals surface area contributed by atoms with E-state index in [0.29, 0.717) is 22.0 Å². The van der Waals surface area contributed by atoms with Crippen molar-refractivity contribution in [2.24, 2.45) is 0 Å². The number of rotatable bonds is 6. The second-order valence-electron chi connectivity index (χ2n) is 7.43. The quantitative estimate of drug-likeness (QED) is 0.315. The van der Waals surface area contributed by atoms with Gasteiger partial charge in [0.25, 0.3) is 17.7 Å². The minimum absolute atomic E-state index is 0.123. The van der Waals surface area contributed by atoms with Crippen molar-refractivity contribution in [1.29, 1.82) is 0 Å².